The van der Waals surface area contributed by atoms with Gasteiger partial charge in [-0.2, -0.15) is 0 Å². The van der Waals surface area contributed by atoms with Crippen LogP contribution < -0.4 is 4.74 Å². The number of likely N-dealkylation sites (tertiary alicyclic amines) is 1. The highest BCUT2D eigenvalue weighted by Gasteiger charge is 2.47. The molecule has 1 unspecified atom stereocenters. The fourth-order valence-electron chi connectivity index (χ4n) is 4.34. The summed E-state index contributed by atoms with van der Waals surface area (Å²) < 4.78 is 10.8. The lowest BCUT2D eigenvalue weighted by molar-refractivity contribution is -0.140. The Hall–Kier alpha value is -3.58. The number of hydrogen-bond donors (Lipinski definition) is 2. The number of hydrogen-bond acceptors (Lipinski definition) is 5. The SMILES string of the molecule is CCCOc1ccc(/C(O)=C2\C(=O)C(=O)N(CCOC)C2c2c(C)[nH]c3ccccc23)cc1. The summed E-state index contributed by atoms with van der Waals surface area (Å²) in [5, 5.41) is 12.1. The molecule has 0 radical (unpaired) electrons. The second-order valence-electron chi connectivity index (χ2n) is 8.07. The molecule has 3 aromatic rings. The first-order valence-corrected chi connectivity index (χ1v) is 11.1. The second-order valence-corrected chi connectivity index (χ2v) is 8.07. The number of nitrogens with zero attached hydrogens (tertiary/aromatic N) is 1. The highest BCUT2D eigenvalue weighted by atomic mass is 16.5. The molecule has 33 heavy (non-hydrogen) atoms. The molecule has 7 nitrogen and oxygen atoms in total. The number of aromatic nitrogens is 1. The zero-order valence-electron chi connectivity index (χ0n) is 19.1. The number of para-hydroxylation sites is 1. The van der Waals surface area contributed by atoms with Gasteiger partial charge in [0, 0.05) is 41.4 Å². The molecule has 1 aromatic heterocycles. The minimum atomic E-state index is -0.729. The predicted octanol–water partition coefficient (Wildman–Crippen LogP) is 4.33. The molecule has 1 saturated heterocycles. The molecule has 2 heterocycles. The Bertz CT molecular complexity index is 1210. The standard InChI is InChI=1S/C26H28N2O5/c1-4-14-33-18-11-9-17(10-12-18)24(29)22-23(28(13-15-32-3)26(31)25(22)30)21-16(2)27-20-8-6-5-7-19(20)21/h5-12,23,27,29H,4,13-15H2,1-3H3/b24-22+. The smallest absolute Gasteiger partial charge is 0.295 e. The number of carbonyl (C=O) groups is 2. The normalized spacial score (nSPS) is 17.8. The van der Waals surface area contributed by atoms with Gasteiger partial charge in [0.15, 0.2) is 0 Å². The van der Waals surface area contributed by atoms with E-state index in [1.807, 2.05) is 38.1 Å². The molecule has 1 fully saturated rings. The molecule has 0 spiro atoms. The van der Waals surface area contributed by atoms with Crippen LogP contribution in [-0.4, -0.2) is 53.5 Å². The molecule has 172 valence electrons. The largest absolute Gasteiger partial charge is 0.507 e. The summed E-state index contributed by atoms with van der Waals surface area (Å²) >= 11 is 0. The molecule has 1 aliphatic heterocycles. The van der Waals surface area contributed by atoms with Crippen molar-refractivity contribution in [2.45, 2.75) is 26.3 Å². The van der Waals surface area contributed by atoms with Crippen molar-refractivity contribution in [1.82, 2.24) is 9.88 Å². The maximum absolute atomic E-state index is 13.2. The zero-order valence-corrected chi connectivity index (χ0v) is 19.1. The minimum absolute atomic E-state index is 0.0752. The third-order valence-electron chi connectivity index (χ3n) is 5.89. The van der Waals surface area contributed by atoms with Crippen LogP contribution in [0.2, 0.25) is 0 Å². The fourth-order valence-corrected chi connectivity index (χ4v) is 4.34. The van der Waals surface area contributed by atoms with Crippen LogP contribution in [0.5, 0.6) is 5.75 Å². The van der Waals surface area contributed by atoms with Crippen LogP contribution in [-0.2, 0) is 14.3 Å². The second kappa shape index (κ2) is 9.50. The molecule has 2 aromatic carbocycles. The molecule has 1 aliphatic rings. The molecule has 1 atom stereocenters. The van der Waals surface area contributed by atoms with Gasteiger partial charge < -0.3 is 24.5 Å². The van der Waals surface area contributed by atoms with E-state index < -0.39 is 17.7 Å². The van der Waals surface area contributed by atoms with Crippen molar-refractivity contribution in [3.05, 3.63) is 70.9 Å². The first-order chi connectivity index (χ1) is 16.0. The van der Waals surface area contributed by atoms with Crippen molar-refractivity contribution in [2.75, 3.05) is 26.9 Å². The summed E-state index contributed by atoms with van der Waals surface area (Å²) in [7, 11) is 1.55. The van der Waals surface area contributed by atoms with Gasteiger partial charge in [-0.1, -0.05) is 25.1 Å². The third-order valence-corrected chi connectivity index (χ3v) is 5.89. The summed E-state index contributed by atoms with van der Waals surface area (Å²) in [5.41, 5.74) is 3.06. The lowest BCUT2D eigenvalue weighted by atomic mass is 9.93. The Morgan fingerprint density at radius 2 is 1.82 bits per heavy atom. The lowest BCUT2D eigenvalue weighted by Gasteiger charge is -2.25. The van der Waals surface area contributed by atoms with Crippen LogP contribution in [0.25, 0.3) is 16.7 Å². The summed E-state index contributed by atoms with van der Waals surface area (Å²) in [5.74, 6) is -0.876. The number of Topliss-reactive ketones (excluding diaryl/α,β-unsaturated/α-hetero) is 1. The first kappa shape index (κ1) is 22.6. The van der Waals surface area contributed by atoms with Crippen LogP contribution in [0.4, 0.5) is 0 Å². The Balaban J connectivity index is 1.86. The van der Waals surface area contributed by atoms with E-state index in [1.165, 1.54) is 4.90 Å². The number of benzene rings is 2. The van der Waals surface area contributed by atoms with Crippen molar-refractivity contribution in [1.29, 1.82) is 0 Å². The number of aromatic amines is 1. The Labute approximate surface area is 192 Å². The quantitative estimate of drug-likeness (QED) is 0.304. The number of fused-ring (bicyclic) bond motifs is 1. The van der Waals surface area contributed by atoms with E-state index in [2.05, 4.69) is 4.98 Å². The van der Waals surface area contributed by atoms with E-state index in [9.17, 15) is 14.7 Å². The van der Waals surface area contributed by atoms with Gasteiger partial charge in [-0.15, -0.1) is 0 Å². The van der Waals surface area contributed by atoms with Crippen molar-refractivity contribution in [3.8, 4) is 5.75 Å². The first-order valence-electron chi connectivity index (χ1n) is 11.1. The Morgan fingerprint density at radius 3 is 2.52 bits per heavy atom. The average Bonchev–Trinajstić information content (AvgIpc) is 3.28. The van der Waals surface area contributed by atoms with Crippen LogP contribution in [0.3, 0.4) is 0 Å². The van der Waals surface area contributed by atoms with Crippen LogP contribution in [0.1, 0.15) is 36.2 Å². The number of ether oxygens (including phenoxy) is 2. The number of ketones is 1. The van der Waals surface area contributed by atoms with E-state index in [0.29, 0.717) is 17.9 Å². The fraction of sp³-hybridized carbons (Fsp3) is 0.308. The van der Waals surface area contributed by atoms with Crippen LogP contribution >= 0.6 is 0 Å². The van der Waals surface area contributed by atoms with Crippen LogP contribution in [0.15, 0.2) is 54.1 Å². The van der Waals surface area contributed by atoms with Crippen LogP contribution in [0, 0.1) is 6.92 Å². The molecule has 2 N–H and O–H groups in total. The molecular formula is C26H28N2O5. The molecule has 1 amide bonds. The summed E-state index contributed by atoms with van der Waals surface area (Å²) in [6.07, 6.45) is 0.886. The average molecular weight is 449 g/mol. The molecule has 0 bridgehead atoms. The number of carbonyl (C=O) groups excluding carboxylic acids is 2. The van der Waals surface area contributed by atoms with Gasteiger partial charge in [0.1, 0.15) is 11.5 Å². The number of rotatable bonds is 8. The third kappa shape index (κ3) is 4.12. The number of aliphatic hydroxyl groups excluding tert-OH is 1. The topological polar surface area (TPSA) is 91.9 Å². The van der Waals surface area contributed by atoms with Crippen molar-refractivity contribution in [3.63, 3.8) is 0 Å². The number of amides is 1. The number of nitrogens with one attached hydrogen (secondary N) is 1. The number of aliphatic hydroxyl groups is 1. The van der Waals surface area contributed by atoms with Gasteiger partial charge in [-0.05, 0) is 43.7 Å². The van der Waals surface area contributed by atoms with E-state index in [0.717, 1.165) is 28.6 Å². The molecule has 4 rings (SSSR count). The minimum Gasteiger partial charge on any atom is -0.507 e. The molecule has 7 heteroatoms. The van der Waals surface area contributed by atoms with E-state index in [4.69, 9.17) is 9.47 Å². The van der Waals surface area contributed by atoms with Gasteiger partial charge in [0.25, 0.3) is 11.7 Å². The van der Waals surface area contributed by atoms with E-state index in [1.54, 1.807) is 31.4 Å². The van der Waals surface area contributed by atoms with E-state index in [-0.39, 0.29) is 24.5 Å². The van der Waals surface area contributed by atoms with Gasteiger partial charge in [-0.25, -0.2) is 0 Å². The summed E-state index contributed by atoms with van der Waals surface area (Å²) in [4.78, 5) is 31.0. The monoisotopic (exact) mass is 448 g/mol. The van der Waals surface area contributed by atoms with Gasteiger partial charge in [-0.3, -0.25) is 9.59 Å². The Morgan fingerprint density at radius 1 is 1.09 bits per heavy atom. The highest BCUT2D eigenvalue weighted by molar-refractivity contribution is 6.46. The van der Waals surface area contributed by atoms with Crippen molar-refractivity contribution in [2.24, 2.45) is 0 Å². The maximum Gasteiger partial charge on any atom is 0.295 e. The van der Waals surface area contributed by atoms with Crippen molar-refractivity contribution < 1.29 is 24.2 Å². The molecule has 0 saturated carbocycles. The highest BCUT2D eigenvalue weighted by Crippen LogP contribution is 2.43. The summed E-state index contributed by atoms with van der Waals surface area (Å²) in [6, 6.07) is 13.9. The predicted molar refractivity (Wildman–Crippen MR) is 126 cm³/mol. The van der Waals surface area contributed by atoms with Gasteiger partial charge in [0.2, 0.25) is 0 Å². The van der Waals surface area contributed by atoms with Crippen molar-refractivity contribution >= 4 is 28.4 Å². The van der Waals surface area contributed by atoms with E-state index >= 15 is 0 Å². The van der Waals surface area contributed by atoms with Gasteiger partial charge >= 0.3 is 0 Å². The number of methoxy groups -OCH3 is 1. The zero-order chi connectivity index (χ0) is 23.5. The number of aryl methyl sites for hydroxylation is 1. The molecule has 0 aliphatic carbocycles. The Kier molecular flexibility index (Phi) is 6.51. The lowest BCUT2D eigenvalue weighted by Crippen LogP contribution is -2.32. The summed E-state index contributed by atoms with van der Waals surface area (Å²) in [6.45, 7) is 5.02. The maximum atomic E-state index is 13.2. The number of H-pyrrole nitrogens is 1. The van der Waals surface area contributed by atoms with Gasteiger partial charge in [0.05, 0.1) is 24.8 Å². The molecular weight excluding hydrogens is 420 g/mol.